The van der Waals surface area contributed by atoms with E-state index in [2.05, 4.69) is 24.4 Å². The van der Waals surface area contributed by atoms with Crippen molar-refractivity contribution in [3.8, 4) is 5.75 Å². The van der Waals surface area contributed by atoms with Crippen LogP contribution in [0, 0.1) is 0 Å². The fourth-order valence-electron chi connectivity index (χ4n) is 1.87. The fourth-order valence-corrected chi connectivity index (χ4v) is 1.87. The molecular formula is C16H27NO4. The van der Waals surface area contributed by atoms with Crippen LogP contribution in [0.2, 0.25) is 0 Å². The van der Waals surface area contributed by atoms with Crippen LogP contribution in [0.15, 0.2) is 18.2 Å². The molecule has 0 aromatic heterocycles. The summed E-state index contributed by atoms with van der Waals surface area (Å²) in [6.07, 6.45) is 0. The minimum atomic E-state index is 0.525. The van der Waals surface area contributed by atoms with Gasteiger partial charge in [0.05, 0.1) is 40.1 Å². The molecule has 0 aliphatic carbocycles. The van der Waals surface area contributed by atoms with Crippen molar-refractivity contribution in [2.24, 2.45) is 0 Å². The molecular weight excluding hydrogens is 270 g/mol. The van der Waals surface area contributed by atoms with Crippen molar-refractivity contribution in [1.29, 1.82) is 0 Å². The van der Waals surface area contributed by atoms with Crippen molar-refractivity contribution in [2.45, 2.75) is 20.1 Å². The molecule has 1 rings (SSSR count). The smallest absolute Gasteiger partial charge is 0.124 e. The number of methoxy groups -OCH3 is 2. The van der Waals surface area contributed by atoms with Crippen molar-refractivity contribution in [2.75, 3.05) is 47.2 Å². The quantitative estimate of drug-likeness (QED) is 0.598. The largest absolute Gasteiger partial charge is 0.496 e. The molecule has 0 bridgehead atoms. The normalized spacial score (nSPS) is 10.8. The van der Waals surface area contributed by atoms with Crippen molar-refractivity contribution >= 4 is 0 Å². The maximum absolute atomic E-state index is 5.64. The van der Waals surface area contributed by atoms with Crippen LogP contribution in [0.4, 0.5) is 0 Å². The zero-order chi connectivity index (χ0) is 15.3. The van der Waals surface area contributed by atoms with E-state index < -0.39 is 0 Å². The molecule has 21 heavy (non-hydrogen) atoms. The molecule has 0 saturated carbocycles. The second-order valence-electron chi connectivity index (χ2n) is 4.58. The molecule has 0 spiro atoms. The van der Waals surface area contributed by atoms with Crippen LogP contribution in [-0.2, 0) is 27.4 Å². The second-order valence-corrected chi connectivity index (χ2v) is 4.58. The fraction of sp³-hybridized carbons (Fsp3) is 0.625. The van der Waals surface area contributed by atoms with Gasteiger partial charge in [0, 0.05) is 19.2 Å². The Labute approximate surface area is 127 Å². The standard InChI is InChI=1S/C16H27NO4/c1-4-17-12-14-5-6-16(19-3)15(11-14)13-21-10-9-20-8-7-18-2/h5-6,11,17H,4,7-10,12-13H2,1-3H3. The average molecular weight is 297 g/mol. The van der Waals surface area contributed by atoms with Gasteiger partial charge in [-0.3, -0.25) is 0 Å². The van der Waals surface area contributed by atoms with Crippen LogP contribution in [0.5, 0.6) is 5.75 Å². The minimum absolute atomic E-state index is 0.525. The first kappa shape index (κ1) is 17.9. The van der Waals surface area contributed by atoms with E-state index in [1.807, 2.05) is 6.07 Å². The van der Waals surface area contributed by atoms with Crippen molar-refractivity contribution in [3.05, 3.63) is 29.3 Å². The predicted octanol–water partition coefficient (Wildman–Crippen LogP) is 1.98. The predicted molar refractivity (Wildman–Crippen MR) is 82.7 cm³/mol. The molecule has 120 valence electrons. The van der Waals surface area contributed by atoms with E-state index in [1.165, 1.54) is 5.56 Å². The van der Waals surface area contributed by atoms with Gasteiger partial charge in [0.1, 0.15) is 5.75 Å². The highest BCUT2D eigenvalue weighted by atomic mass is 16.5. The molecule has 1 aromatic carbocycles. The van der Waals surface area contributed by atoms with Crippen LogP contribution < -0.4 is 10.1 Å². The highest BCUT2D eigenvalue weighted by Crippen LogP contribution is 2.20. The summed E-state index contributed by atoms with van der Waals surface area (Å²) < 4.78 is 21.3. The van der Waals surface area contributed by atoms with Gasteiger partial charge in [-0.15, -0.1) is 0 Å². The summed E-state index contributed by atoms with van der Waals surface area (Å²) in [7, 11) is 3.34. The van der Waals surface area contributed by atoms with Crippen LogP contribution in [0.25, 0.3) is 0 Å². The molecule has 0 unspecified atom stereocenters. The molecule has 1 N–H and O–H groups in total. The van der Waals surface area contributed by atoms with Crippen LogP contribution in [0.3, 0.4) is 0 Å². The van der Waals surface area contributed by atoms with Gasteiger partial charge < -0.3 is 24.3 Å². The summed E-state index contributed by atoms with van der Waals surface area (Å²) >= 11 is 0. The summed E-state index contributed by atoms with van der Waals surface area (Å²) in [4.78, 5) is 0. The maximum atomic E-state index is 5.64. The van der Waals surface area contributed by atoms with Gasteiger partial charge >= 0.3 is 0 Å². The second kappa shape index (κ2) is 11.5. The zero-order valence-corrected chi connectivity index (χ0v) is 13.3. The van der Waals surface area contributed by atoms with Crippen molar-refractivity contribution in [1.82, 2.24) is 5.32 Å². The first-order chi connectivity index (χ1) is 10.3. The number of nitrogens with one attached hydrogen (secondary N) is 1. The van der Waals surface area contributed by atoms with Gasteiger partial charge in [0.15, 0.2) is 0 Å². The number of ether oxygens (including phenoxy) is 4. The molecule has 0 heterocycles. The Balaban J connectivity index is 2.37. The number of hydrogen-bond acceptors (Lipinski definition) is 5. The average Bonchev–Trinajstić information content (AvgIpc) is 2.52. The van der Waals surface area contributed by atoms with E-state index >= 15 is 0 Å². The first-order valence-electron chi connectivity index (χ1n) is 7.32. The van der Waals surface area contributed by atoms with E-state index in [0.717, 1.165) is 24.4 Å². The third-order valence-corrected chi connectivity index (χ3v) is 2.99. The summed E-state index contributed by atoms with van der Waals surface area (Å²) in [6.45, 7) is 6.77. The van der Waals surface area contributed by atoms with E-state index in [9.17, 15) is 0 Å². The van der Waals surface area contributed by atoms with E-state index in [-0.39, 0.29) is 0 Å². The minimum Gasteiger partial charge on any atom is -0.496 e. The highest BCUT2D eigenvalue weighted by molar-refractivity contribution is 5.36. The van der Waals surface area contributed by atoms with E-state index in [4.69, 9.17) is 18.9 Å². The Kier molecular flexibility index (Phi) is 9.82. The molecule has 5 nitrogen and oxygen atoms in total. The Hall–Kier alpha value is -1.14. The van der Waals surface area contributed by atoms with E-state index in [1.54, 1.807) is 14.2 Å². The lowest BCUT2D eigenvalue weighted by molar-refractivity contribution is 0.0196. The monoisotopic (exact) mass is 297 g/mol. The lowest BCUT2D eigenvalue weighted by Gasteiger charge is -2.12. The Morgan fingerprint density at radius 2 is 1.76 bits per heavy atom. The molecule has 0 radical (unpaired) electrons. The molecule has 5 heteroatoms. The molecule has 0 aliphatic heterocycles. The van der Waals surface area contributed by atoms with Crippen molar-refractivity contribution in [3.63, 3.8) is 0 Å². The Bertz CT molecular complexity index is 385. The van der Waals surface area contributed by atoms with Crippen LogP contribution in [0.1, 0.15) is 18.1 Å². The first-order valence-corrected chi connectivity index (χ1v) is 7.32. The van der Waals surface area contributed by atoms with Crippen molar-refractivity contribution < 1.29 is 18.9 Å². The Morgan fingerprint density at radius 3 is 2.48 bits per heavy atom. The maximum Gasteiger partial charge on any atom is 0.124 e. The molecule has 0 amide bonds. The number of benzene rings is 1. The summed E-state index contributed by atoms with van der Waals surface area (Å²) in [5.41, 5.74) is 2.29. The number of rotatable bonds is 12. The van der Waals surface area contributed by atoms with Gasteiger partial charge in [-0.2, -0.15) is 0 Å². The summed E-state index contributed by atoms with van der Waals surface area (Å²) in [5, 5.41) is 3.31. The van der Waals surface area contributed by atoms with Gasteiger partial charge in [-0.1, -0.05) is 13.0 Å². The van der Waals surface area contributed by atoms with Gasteiger partial charge in [-0.25, -0.2) is 0 Å². The molecule has 0 atom stereocenters. The van der Waals surface area contributed by atoms with Crippen LogP contribution in [-0.4, -0.2) is 47.2 Å². The highest BCUT2D eigenvalue weighted by Gasteiger charge is 2.05. The third-order valence-electron chi connectivity index (χ3n) is 2.99. The summed E-state index contributed by atoms with van der Waals surface area (Å²) in [5.74, 6) is 0.857. The molecule has 1 aromatic rings. The van der Waals surface area contributed by atoms with Gasteiger partial charge in [-0.05, 0) is 24.2 Å². The zero-order valence-electron chi connectivity index (χ0n) is 13.3. The summed E-state index contributed by atoms with van der Waals surface area (Å²) in [6, 6.07) is 6.17. The number of hydrogen-bond donors (Lipinski definition) is 1. The molecule has 0 aliphatic rings. The lowest BCUT2D eigenvalue weighted by atomic mass is 10.1. The topological polar surface area (TPSA) is 49.0 Å². The third kappa shape index (κ3) is 7.43. The van der Waals surface area contributed by atoms with Gasteiger partial charge in [0.2, 0.25) is 0 Å². The van der Waals surface area contributed by atoms with Gasteiger partial charge in [0.25, 0.3) is 0 Å². The van der Waals surface area contributed by atoms with E-state index in [0.29, 0.717) is 33.0 Å². The molecule has 0 fully saturated rings. The molecule has 0 saturated heterocycles. The lowest BCUT2D eigenvalue weighted by Crippen LogP contribution is -2.12. The Morgan fingerprint density at radius 1 is 1.00 bits per heavy atom. The SMILES string of the molecule is CCNCc1ccc(OC)c(COCCOCCOC)c1. The van der Waals surface area contributed by atoms with Crippen LogP contribution >= 0.6 is 0 Å².